The van der Waals surface area contributed by atoms with E-state index in [0.717, 1.165) is 22.9 Å². The van der Waals surface area contributed by atoms with Crippen LogP contribution in [0.1, 0.15) is 28.8 Å². The van der Waals surface area contributed by atoms with Gasteiger partial charge in [0, 0.05) is 24.2 Å². The molecule has 1 saturated heterocycles. The Labute approximate surface area is 166 Å². The minimum absolute atomic E-state index is 0.0259. The zero-order valence-electron chi connectivity index (χ0n) is 14.3. The monoisotopic (exact) mass is 439 g/mol. The van der Waals surface area contributed by atoms with Crippen molar-refractivity contribution in [3.63, 3.8) is 0 Å². The van der Waals surface area contributed by atoms with Crippen molar-refractivity contribution in [3.05, 3.63) is 68.9 Å². The van der Waals surface area contributed by atoms with Gasteiger partial charge in [0.2, 0.25) is 0 Å². The van der Waals surface area contributed by atoms with Crippen LogP contribution in [0.4, 0.5) is 4.39 Å². The van der Waals surface area contributed by atoms with Crippen LogP contribution in [-0.4, -0.2) is 30.5 Å². The molecule has 2 aromatic rings. The molecule has 0 bridgehead atoms. The Morgan fingerprint density at radius 3 is 2.58 bits per heavy atom. The van der Waals surface area contributed by atoms with Gasteiger partial charge < -0.3 is 9.64 Å². The first-order valence-electron chi connectivity index (χ1n) is 8.59. The summed E-state index contributed by atoms with van der Waals surface area (Å²) in [6.45, 7) is 2.53. The second kappa shape index (κ2) is 8.98. The molecule has 0 saturated carbocycles. The van der Waals surface area contributed by atoms with Crippen LogP contribution in [0.5, 0.6) is 0 Å². The van der Waals surface area contributed by atoms with Crippen LogP contribution in [0.3, 0.4) is 0 Å². The molecule has 0 atom stereocenters. The number of hydrogen-bond donors (Lipinski definition) is 0. The Morgan fingerprint density at radius 2 is 1.88 bits per heavy atom. The Morgan fingerprint density at radius 1 is 1.19 bits per heavy atom. The van der Waals surface area contributed by atoms with Crippen LogP contribution in [0.2, 0.25) is 5.02 Å². The highest BCUT2D eigenvalue weighted by Gasteiger charge is 2.25. The lowest BCUT2D eigenvalue weighted by Gasteiger charge is -2.32. The summed E-state index contributed by atoms with van der Waals surface area (Å²) < 4.78 is 19.5. The molecule has 1 fully saturated rings. The summed E-state index contributed by atoms with van der Waals surface area (Å²) in [4.78, 5) is 14.5. The molecule has 0 aliphatic carbocycles. The molecular formula is C20H20BrClFNO2. The third-order valence-electron chi connectivity index (χ3n) is 4.60. The largest absolute Gasteiger partial charge is 0.376 e. The molecular weight excluding hydrogens is 421 g/mol. The summed E-state index contributed by atoms with van der Waals surface area (Å²) in [6.07, 6.45) is 1.81. The topological polar surface area (TPSA) is 29.5 Å². The first kappa shape index (κ1) is 19.3. The fourth-order valence-corrected chi connectivity index (χ4v) is 3.62. The molecule has 1 heterocycles. The fourth-order valence-electron chi connectivity index (χ4n) is 3.06. The Kier molecular flexibility index (Phi) is 6.68. The summed E-state index contributed by atoms with van der Waals surface area (Å²) in [7, 11) is 0. The van der Waals surface area contributed by atoms with Gasteiger partial charge in [0.05, 0.1) is 17.2 Å². The highest BCUT2D eigenvalue weighted by atomic mass is 79.9. The summed E-state index contributed by atoms with van der Waals surface area (Å²) >= 11 is 9.55. The Bertz CT molecular complexity index is 761. The fraction of sp³-hybridized carbons (Fsp3) is 0.350. The number of likely N-dealkylation sites (tertiary alicyclic amines) is 1. The van der Waals surface area contributed by atoms with Gasteiger partial charge in [-0.25, -0.2) is 4.39 Å². The highest BCUT2D eigenvalue weighted by Crippen LogP contribution is 2.25. The normalized spacial score (nSPS) is 15.3. The number of rotatable bonds is 5. The number of carbonyl (C=O) groups excluding carboxylic acids is 1. The molecule has 0 unspecified atom stereocenters. The average Bonchev–Trinajstić information content (AvgIpc) is 2.65. The number of halogens is 3. The second-order valence-electron chi connectivity index (χ2n) is 6.50. The van der Waals surface area contributed by atoms with E-state index in [9.17, 15) is 9.18 Å². The Hall–Kier alpha value is -1.43. The first-order chi connectivity index (χ1) is 12.5. The van der Waals surface area contributed by atoms with E-state index in [1.807, 2.05) is 11.0 Å². The van der Waals surface area contributed by atoms with Gasteiger partial charge in [0.15, 0.2) is 0 Å². The van der Waals surface area contributed by atoms with Gasteiger partial charge in [-0.15, -0.1) is 0 Å². The van der Waals surface area contributed by atoms with Crippen molar-refractivity contribution in [3.8, 4) is 0 Å². The molecule has 2 aromatic carbocycles. The van der Waals surface area contributed by atoms with Crippen LogP contribution >= 0.6 is 27.5 Å². The van der Waals surface area contributed by atoms with Crippen molar-refractivity contribution in [1.82, 2.24) is 4.90 Å². The van der Waals surface area contributed by atoms with Crippen molar-refractivity contribution >= 4 is 33.4 Å². The minimum atomic E-state index is -0.240. The lowest BCUT2D eigenvalue weighted by Crippen LogP contribution is -2.39. The van der Waals surface area contributed by atoms with E-state index < -0.39 is 0 Å². The quantitative estimate of drug-likeness (QED) is 0.630. The SMILES string of the molecule is O=C(c1cc(Br)ccc1Cl)N1CCC(COCc2ccc(F)cc2)CC1. The maximum Gasteiger partial charge on any atom is 0.255 e. The van der Waals surface area contributed by atoms with E-state index in [4.69, 9.17) is 16.3 Å². The third kappa shape index (κ3) is 5.06. The standard InChI is InChI=1S/C20H20BrClFNO2/c21-16-3-6-19(22)18(11-16)20(25)24-9-7-15(8-10-24)13-26-12-14-1-4-17(23)5-2-14/h1-6,11,15H,7-10,12-13H2. The number of carbonyl (C=O) groups is 1. The zero-order valence-corrected chi connectivity index (χ0v) is 16.6. The van der Waals surface area contributed by atoms with Gasteiger partial charge in [-0.05, 0) is 54.7 Å². The molecule has 6 heteroatoms. The van der Waals surface area contributed by atoms with Crippen molar-refractivity contribution in [1.29, 1.82) is 0 Å². The molecule has 3 rings (SSSR count). The molecule has 1 amide bonds. The maximum atomic E-state index is 12.9. The number of amides is 1. The number of hydrogen-bond acceptors (Lipinski definition) is 2. The zero-order chi connectivity index (χ0) is 18.5. The number of benzene rings is 2. The predicted molar refractivity (Wildman–Crippen MR) is 104 cm³/mol. The molecule has 1 aliphatic rings. The van der Waals surface area contributed by atoms with Gasteiger partial charge in [0.25, 0.3) is 5.91 Å². The predicted octanol–water partition coefficient (Wildman–Crippen LogP) is 5.31. The number of ether oxygens (including phenoxy) is 1. The third-order valence-corrected chi connectivity index (χ3v) is 5.42. The summed E-state index contributed by atoms with van der Waals surface area (Å²) in [5.41, 5.74) is 1.50. The van der Waals surface area contributed by atoms with E-state index in [1.54, 1.807) is 24.3 Å². The molecule has 0 N–H and O–H groups in total. The number of nitrogens with zero attached hydrogens (tertiary/aromatic N) is 1. The van der Waals surface area contributed by atoms with Crippen LogP contribution in [0.25, 0.3) is 0 Å². The summed E-state index contributed by atoms with van der Waals surface area (Å²) in [5, 5.41) is 0.475. The summed E-state index contributed by atoms with van der Waals surface area (Å²) in [5.74, 6) is 0.163. The van der Waals surface area contributed by atoms with Crippen LogP contribution in [0, 0.1) is 11.7 Å². The van der Waals surface area contributed by atoms with E-state index in [-0.39, 0.29) is 11.7 Å². The van der Waals surface area contributed by atoms with Crippen LogP contribution in [0.15, 0.2) is 46.9 Å². The molecule has 0 aromatic heterocycles. The van der Waals surface area contributed by atoms with E-state index in [2.05, 4.69) is 15.9 Å². The van der Waals surface area contributed by atoms with E-state index in [1.165, 1.54) is 12.1 Å². The Balaban J connectivity index is 1.46. The van der Waals surface area contributed by atoms with Crippen LogP contribution in [-0.2, 0) is 11.3 Å². The second-order valence-corrected chi connectivity index (χ2v) is 7.82. The average molecular weight is 441 g/mol. The lowest BCUT2D eigenvalue weighted by atomic mass is 9.97. The lowest BCUT2D eigenvalue weighted by molar-refractivity contribution is 0.0478. The van der Waals surface area contributed by atoms with Crippen molar-refractivity contribution in [2.45, 2.75) is 19.4 Å². The van der Waals surface area contributed by atoms with E-state index in [0.29, 0.717) is 42.8 Å². The molecule has 3 nitrogen and oxygen atoms in total. The first-order valence-corrected chi connectivity index (χ1v) is 9.76. The molecule has 138 valence electrons. The van der Waals surface area contributed by atoms with Crippen molar-refractivity contribution in [2.75, 3.05) is 19.7 Å². The van der Waals surface area contributed by atoms with Gasteiger partial charge in [-0.2, -0.15) is 0 Å². The number of piperidine rings is 1. The molecule has 26 heavy (non-hydrogen) atoms. The van der Waals surface area contributed by atoms with Crippen LogP contribution < -0.4 is 0 Å². The van der Waals surface area contributed by atoms with Gasteiger partial charge in [-0.1, -0.05) is 39.7 Å². The van der Waals surface area contributed by atoms with Crippen molar-refractivity contribution in [2.24, 2.45) is 5.92 Å². The highest BCUT2D eigenvalue weighted by molar-refractivity contribution is 9.10. The smallest absolute Gasteiger partial charge is 0.255 e. The van der Waals surface area contributed by atoms with Gasteiger partial charge in [-0.3, -0.25) is 4.79 Å². The van der Waals surface area contributed by atoms with Crippen molar-refractivity contribution < 1.29 is 13.9 Å². The van der Waals surface area contributed by atoms with Gasteiger partial charge >= 0.3 is 0 Å². The molecule has 1 aliphatic heterocycles. The molecule has 0 radical (unpaired) electrons. The minimum Gasteiger partial charge on any atom is -0.376 e. The summed E-state index contributed by atoms with van der Waals surface area (Å²) in [6, 6.07) is 11.7. The molecule has 0 spiro atoms. The van der Waals surface area contributed by atoms with E-state index >= 15 is 0 Å². The maximum absolute atomic E-state index is 12.9. The van der Waals surface area contributed by atoms with Gasteiger partial charge in [0.1, 0.15) is 5.82 Å².